The molecule has 1 aromatic heterocycles. The molecule has 1 saturated heterocycles. The van der Waals surface area contributed by atoms with Crippen LogP contribution in [0.1, 0.15) is 75.0 Å². The van der Waals surface area contributed by atoms with Gasteiger partial charge in [-0.05, 0) is 107 Å². The molecule has 5 rings (SSSR count). The van der Waals surface area contributed by atoms with Gasteiger partial charge in [0.25, 0.3) is 11.8 Å². The van der Waals surface area contributed by atoms with E-state index in [-0.39, 0.29) is 23.9 Å². The number of H-pyrrole nitrogens is 1. The Hall–Kier alpha value is -4.64. The Kier molecular flexibility index (Phi) is 11.8. The van der Waals surface area contributed by atoms with E-state index < -0.39 is 5.41 Å². The van der Waals surface area contributed by atoms with Crippen LogP contribution in [0.5, 0.6) is 0 Å². The molecule has 0 spiro atoms. The minimum atomic E-state index is -0.855. The van der Waals surface area contributed by atoms with Crippen molar-refractivity contribution in [3.63, 3.8) is 0 Å². The summed E-state index contributed by atoms with van der Waals surface area (Å²) in [5.74, 6) is 0.263. The van der Waals surface area contributed by atoms with Crippen molar-refractivity contribution in [3.8, 4) is 6.07 Å². The molecule has 260 valence electrons. The molecule has 5 N–H and O–H groups in total. The number of tetrazole rings is 1. The fourth-order valence-corrected chi connectivity index (χ4v) is 7.13. The quantitative estimate of drug-likeness (QED) is 0.151. The number of likely N-dealkylation sites (tertiary alicyclic amines) is 1. The Bertz CT molecular complexity index is 1670. The van der Waals surface area contributed by atoms with Crippen molar-refractivity contribution >= 4 is 11.8 Å². The maximum Gasteiger partial charge on any atom is 0.251 e. The van der Waals surface area contributed by atoms with Crippen LogP contribution >= 0.6 is 0 Å². The number of rotatable bonds is 15. The average molecular weight is 668 g/mol. The second-order valence-corrected chi connectivity index (χ2v) is 13.3. The summed E-state index contributed by atoms with van der Waals surface area (Å²) in [4.78, 5) is 30.5. The molecule has 0 bridgehead atoms. The Morgan fingerprint density at radius 2 is 1.73 bits per heavy atom. The molecule has 2 aliphatic rings. The lowest BCUT2D eigenvalue weighted by atomic mass is 9.67. The van der Waals surface area contributed by atoms with Crippen molar-refractivity contribution in [2.24, 2.45) is 0 Å². The largest absolute Gasteiger partial charge is 0.358 e. The molecule has 0 saturated carbocycles. The lowest BCUT2D eigenvalue weighted by Gasteiger charge is -2.36. The van der Waals surface area contributed by atoms with Crippen molar-refractivity contribution in [1.29, 1.82) is 5.26 Å². The number of carbonyl (C=O) groups is 2. The van der Waals surface area contributed by atoms with Crippen molar-refractivity contribution in [3.05, 3.63) is 87.9 Å². The summed E-state index contributed by atoms with van der Waals surface area (Å²) < 4.78 is 0. The molecule has 1 aliphatic carbocycles. The summed E-state index contributed by atoms with van der Waals surface area (Å²) in [6, 6.07) is 14.0. The second kappa shape index (κ2) is 16.2. The predicted molar refractivity (Wildman–Crippen MR) is 188 cm³/mol. The van der Waals surface area contributed by atoms with Crippen LogP contribution in [-0.4, -0.2) is 115 Å². The van der Waals surface area contributed by atoms with E-state index in [9.17, 15) is 14.9 Å². The maximum atomic E-state index is 13.3. The highest BCUT2D eigenvalue weighted by atomic mass is 16.2. The SMILES string of the molecule is C=C(CN[C@H](C)CC1(c2nn[nH]n2)c2ccc(C(=O)NCCNC)cc2CCc2cc(C(=O)NCCN(C)C)ccc21)N1CCCC1C#N. The van der Waals surface area contributed by atoms with Crippen molar-refractivity contribution < 1.29 is 9.59 Å². The van der Waals surface area contributed by atoms with Crippen LogP contribution in [0.4, 0.5) is 0 Å². The number of aryl methyl sites for hydroxylation is 2. The summed E-state index contributed by atoms with van der Waals surface area (Å²) in [6.07, 6.45) is 3.71. The van der Waals surface area contributed by atoms with Crippen molar-refractivity contribution in [1.82, 2.24) is 51.7 Å². The van der Waals surface area contributed by atoms with E-state index >= 15 is 0 Å². The van der Waals surface area contributed by atoms with Gasteiger partial charge in [-0.25, -0.2) is 0 Å². The summed E-state index contributed by atoms with van der Waals surface area (Å²) in [6.45, 7) is 10.3. The molecule has 3 atom stereocenters. The maximum absolute atomic E-state index is 13.3. The first-order valence-electron chi connectivity index (χ1n) is 17.1. The van der Waals surface area contributed by atoms with Crippen LogP contribution in [0.3, 0.4) is 0 Å². The first-order chi connectivity index (χ1) is 23.7. The fourth-order valence-electron chi connectivity index (χ4n) is 7.13. The Labute approximate surface area is 288 Å². The monoisotopic (exact) mass is 667 g/mol. The number of nitrogens with one attached hydrogen (secondary N) is 5. The van der Waals surface area contributed by atoms with Crippen LogP contribution < -0.4 is 21.3 Å². The fraction of sp³-hybridized carbons (Fsp3) is 0.500. The zero-order chi connectivity index (χ0) is 35.0. The van der Waals surface area contributed by atoms with Gasteiger partial charge in [-0.3, -0.25) is 9.59 Å². The van der Waals surface area contributed by atoms with Gasteiger partial charge in [0.1, 0.15) is 6.04 Å². The van der Waals surface area contributed by atoms with Crippen LogP contribution in [0, 0.1) is 11.3 Å². The van der Waals surface area contributed by atoms with E-state index in [1.807, 2.05) is 62.4 Å². The molecule has 1 fully saturated rings. The van der Waals surface area contributed by atoms with Crippen LogP contribution in [-0.2, 0) is 18.3 Å². The van der Waals surface area contributed by atoms with E-state index in [4.69, 9.17) is 0 Å². The van der Waals surface area contributed by atoms with Crippen LogP contribution in [0.25, 0.3) is 0 Å². The lowest BCUT2D eigenvalue weighted by molar-refractivity contribution is 0.0944. The summed E-state index contributed by atoms with van der Waals surface area (Å²) in [5, 5.41) is 38.3. The molecule has 0 radical (unpaired) electrons. The number of aromatic amines is 1. The van der Waals surface area contributed by atoms with E-state index in [2.05, 4.69) is 66.4 Å². The van der Waals surface area contributed by atoms with E-state index in [0.29, 0.717) is 62.4 Å². The van der Waals surface area contributed by atoms with Gasteiger partial charge in [0.2, 0.25) is 0 Å². The first kappa shape index (κ1) is 35.7. The zero-order valence-corrected chi connectivity index (χ0v) is 29.1. The minimum absolute atomic E-state index is 0.0595. The molecule has 13 heteroatoms. The number of aromatic nitrogens is 4. The molecule has 13 nitrogen and oxygen atoms in total. The number of hydrogen-bond donors (Lipinski definition) is 5. The minimum Gasteiger partial charge on any atom is -0.358 e. The highest BCUT2D eigenvalue weighted by Crippen LogP contribution is 2.47. The summed E-state index contributed by atoms with van der Waals surface area (Å²) in [5.41, 5.74) is 5.26. The van der Waals surface area contributed by atoms with E-state index in [1.54, 1.807) is 0 Å². The van der Waals surface area contributed by atoms with E-state index in [1.165, 1.54) is 0 Å². The van der Waals surface area contributed by atoms with Gasteiger partial charge >= 0.3 is 0 Å². The molecule has 2 aromatic carbocycles. The van der Waals surface area contributed by atoms with Gasteiger partial charge in [0.15, 0.2) is 5.82 Å². The Morgan fingerprint density at radius 3 is 2.31 bits per heavy atom. The zero-order valence-electron chi connectivity index (χ0n) is 29.1. The molecule has 2 unspecified atom stereocenters. The van der Waals surface area contributed by atoms with Gasteiger partial charge in [-0.1, -0.05) is 23.9 Å². The smallest absolute Gasteiger partial charge is 0.251 e. The Balaban J connectivity index is 1.54. The predicted octanol–water partition coefficient (Wildman–Crippen LogP) is 1.74. The number of likely N-dealkylation sites (N-methyl/N-ethyl adjacent to an activating group) is 2. The molecule has 2 heterocycles. The van der Waals surface area contributed by atoms with Crippen LogP contribution in [0.15, 0.2) is 48.7 Å². The van der Waals surface area contributed by atoms with Gasteiger partial charge in [0.05, 0.1) is 11.5 Å². The highest BCUT2D eigenvalue weighted by Gasteiger charge is 2.45. The number of nitrogens with zero attached hydrogens (tertiary/aromatic N) is 6. The van der Waals surface area contributed by atoms with Crippen LogP contribution in [0.2, 0.25) is 0 Å². The number of amides is 2. The molecule has 2 amide bonds. The third kappa shape index (κ3) is 7.99. The van der Waals surface area contributed by atoms with Crippen molar-refractivity contribution in [2.75, 3.05) is 60.4 Å². The topological polar surface area (TPSA) is 167 Å². The van der Waals surface area contributed by atoms with Gasteiger partial charge in [0, 0.05) is 62.1 Å². The third-order valence-electron chi connectivity index (χ3n) is 9.63. The number of carbonyl (C=O) groups excluding carboxylic acids is 2. The molecule has 49 heavy (non-hydrogen) atoms. The first-order valence-corrected chi connectivity index (χ1v) is 17.1. The number of benzene rings is 2. The molecular weight excluding hydrogens is 618 g/mol. The average Bonchev–Trinajstić information content (AvgIpc) is 3.80. The molecule has 1 aliphatic heterocycles. The van der Waals surface area contributed by atoms with Gasteiger partial charge < -0.3 is 31.1 Å². The molecule has 3 aromatic rings. The standard InChI is InChI=1S/C36H49N11O2/c1-24(41-23-25(2)47-17-6-7-30(47)22-37)21-36(35-42-44-45-43-35)31-12-10-28(33(48)39-15-14-38-3)19-26(31)8-9-27-20-29(11-13-32(27)36)34(49)40-16-18-46(4)5/h10-13,19-20,24,30,38,41H,2,6-9,14-18,21,23H2,1,3-5H3,(H,39,48)(H,40,49)(H,42,43,44,45)/t24-,30?,36?/m1/s1. The normalized spacial score (nSPS) is 19.0. The van der Waals surface area contributed by atoms with E-state index in [0.717, 1.165) is 53.9 Å². The Morgan fingerprint density at radius 1 is 1.08 bits per heavy atom. The third-order valence-corrected chi connectivity index (χ3v) is 9.63. The second-order valence-electron chi connectivity index (χ2n) is 13.3. The molecular formula is C36H49N11O2. The number of hydrogen-bond acceptors (Lipinski definition) is 10. The number of nitriles is 1. The number of fused-ring (bicyclic) bond motifs is 2. The summed E-state index contributed by atoms with van der Waals surface area (Å²) in [7, 11) is 5.80. The summed E-state index contributed by atoms with van der Waals surface area (Å²) >= 11 is 0. The highest BCUT2D eigenvalue weighted by molar-refractivity contribution is 5.95. The van der Waals surface area contributed by atoms with Crippen molar-refractivity contribution in [2.45, 2.75) is 56.5 Å². The lowest BCUT2D eigenvalue weighted by Crippen LogP contribution is -2.42. The van der Waals surface area contributed by atoms with Gasteiger partial charge in [-0.15, -0.1) is 10.2 Å². The van der Waals surface area contributed by atoms with Gasteiger partial charge in [-0.2, -0.15) is 10.5 Å².